The Morgan fingerprint density at radius 2 is 1.44 bits per heavy atom. The first-order chi connectivity index (χ1) is 16.8. The highest BCUT2D eigenvalue weighted by molar-refractivity contribution is 6.07. The van der Waals surface area contributed by atoms with Crippen molar-refractivity contribution < 1.29 is 9.15 Å². The molecule has 7 rings (SSSR count). The summed E-state index contributed by atoms with van der Waals surface area (Å²) in [6, 6.07) is 32.2. The van der Waals surface area contributed by atoms with Gasteiger partial charge < -0.3 is 9.15 Å². The Bertz CT molecular complexity index is 1570. The van der Waals surface area contributed by atoms with E-state index >= 15 is 0 Å². The van der Waals surface area contributed by atoms with E-state index < -0.39 is 0 Å². The van der Waals surface area contributed by atoms with Gasteiger partial charge in [-0.25, -0.2) is 0 Å². The number of ether oxygens (including phenoxy) is 1. The van der Waals surface area contributed by atoms with Crippen LogP contribution in [0.4, 0.5) is 0 Å². The van der Waals surface area contributed by atoms with E-state index in [0.717, 1.165) is 40.5 Å². The molecule has 164 valence electrons. The van der Waals surface area contributed by atoms with Gasteiger partial charge in [0.05, 0.1) is 0 Å². The predicted octanol–water partition coefficient (Wildman–Crippen LogP) is 7.76. The minimum Gasteiger partial charge on any atom is -0.481 e. The Labute approximate surface area is 198 Å². The molecule has 34 heavy (non-hydrogen) atoms. The molecule has 0 saturated carbocycles. The molecule has 0 radical (unpaired) electrons. The van der Waals surface area contributed by atoms with Gasteiger partial charge in [0.2, 0.25) is 0 Å². The molecule has 2 heterocycles. The average molecular weight is 441 g/mol. The number of fused-ring (bicyclic) bond motifs is 7. The molecule has 2 aliphatic rings. The molecular weight excluding hydrogens is 416 g/mol. The van der Waals surface area contributed by atoms with Gasteiger partial charge in [-0.3, -0.25) is 0 Å². The molecule has 0 amide bonds. The average Bonchev–Trinajstić information content (AvgIpc) is 3.43. The maximum Gasteiger partial charge on any atom is 0.177 e. The fraction of sp³-hybridized carbons (Fsp3) is 0.125. The number of benzene rings is 4. The second-order valence-electron chi connectivity index (χ2n) is 9.33. The molecule has 0 spiro atoms. The standard InChI is InChI=1S/C32H24O2/c1-3-7-21(8-4-1)17-23-11-15-29-27(19-23)25-13-14-26-28-20-24(18-22-9-5-2-6-10-22)12-16-30(28)34-32(26)31(25)33-29/h1-16,19-20,27,29H,17-18H2. The Kier molecular flexibility index (Phi) is 4.44. The Morgan fingerprint density at radius 1 is 0.676 bits per heavy atom. The van der Waals surface area contributed by atoms with Crippen molar-refractivity contribution in [1.29, 1.82) is 0 Å². The first-order valence-corrected chi connectivity index (χ1v) is 11.9. The number of hydrogen-bond donors (Lipinski definition) is 0. The van der Waals surface area contributed by atoms with Crippen LogP contribution in [-0.4, -0.2) is 6.10 Å². The van der Waals surface area contributed by atoms with Crippen LogP contribution < -0.4 is 4.74 Å². The molecule has 2 atom stereocenters. The number of furan rings is 1. The molecule has 2 nitrogen and oxygen atoms in total. The Hall–Kier alpha value is -4.04. The van der Waals surface area contributed by atoms with Crippen molar-refractivity contribution in [3.8, 4) is 5.75 Å². The molecule has 0 fully saturated rings. The number of allylic oxidation sites excluding steroid dienone is 2. The van der Waals surface area contributed by atoms with E-state index in [1.165, 1.54) is 27.8 Å². The van der Waals surface area contributed by atoms with E-state index in [2.05, 4.69) is 109 Å². The summed E-state index contributed by atoms with van der Waals surface area (Å²) < 4.78 is 12.8. The van der Waals surface area contributed by atoms with Gasteiger partial charge in [0, 0.05) is 22.3 Å². The van der Waals surface area contributed by atoms with E-state index in [4.69, 9.17) is 9.15 Å². The summed E-state index contributed by atoms with van der Waals surface area (Å²) in [4.78, 5) is 0. The zero-order valence-electron chi connectivity index (χ0n) is 18.8. The summed E-state index contributed by atoms with van der Waals surface area (Å²) >= 11 is 0. The van der Waals surface area contributed by atoms with Crippen LogP contribution >= 0.6 is 0 Å². The Balaban J connectivity index is 1.25. The molecule has 0 bridgehead atoms. The molecule has 1 aliphatic heterocycles. The van der Waals surface area contributed by atoms with Crippen molar-refractivity contribution in [2.75, 3.05) is 0 Å². The van der Waals surface area contributed by atoms with Crippen molar-refractivity contribution in [3.63, 3.8) is 0 Å². The van der Waals surface area contributed by atoms with Crippen LogP contribution in [0.1, 0.15) is 28.2 Å². The minimum atomic E-state index is 0.0296. The van der Waals surface area contributed by atoms with Crippen LogP contribution in [0.25, 0.3) is 21.9 Å². The summed E-state index contributed by atoms with van der Waals surface area (Å²) in [7, 11) is 0. The van der Waals surface area contributed by atoms with Crippen LogP contribution in [0.15, 0.2) is 119 Å². The van der Waals surface area contributed by atoms with E-state index in [1.54, 1.807) is 0 Å². The van der Waals surface area contributed by atoms with Crippen LogP contribution in [0.5, 0.6) is 5.75 Å². The summed E-state index contributed by atoms with van der Waals surface area (Å²) in [5.41, 5.74) is 8.26. The first-order valence-electron chi connectivity index (χ1n) is 11.9. The predicted molar refractivity (Wildman–Crippen MR) is 137 cm³/mol. The molecule has 5 aromatic rings. The molecular formula is C32H24O2. The van der Waals surface area contributed by atoms with Gasteiger partial charge in [-0.1, -0.05) is 84.9 Å². The third-order valence-electron chi connectivity index (χ3n) is 7.05. The van der Waals surface area contributed by atoms with E-state index in [1.807, 2.05) is 0 Å². The lowest BCUT2D eigenvalue weighted by atomic mass is 9.87. The fourth-order valence-electron chi connectivity index (χ4n) is 5.39. The summed E-state index contributed by atoms with van der Waals surface area (Å²) in [6.07, 6.45) is 8.67. The second kappa shape index (κ2) is 7.78. The summed E-state index contributed by atoms with van der Waals surface area (Å²) in [5, 5.41) is 2.28. The van der Waals surface area contributed by atoms with Gasteiger partial charge in [0.15, 0.2) is 11.3 Å². The smallest absolute Gasteiger partial charge is 0.177 e. The normalized spacial score (nSPS) is 18.5. The van der Waals surface area contributed by atoms with Gasteiger partial charge in [-0.05, 0) is 59.4 Å². The SMILES string of the molecule is C1=CC2Oc3c(ccc4c3oc3ccc(Cc5ccccc5)cc34)C2C=C1Cc1ccccc1. The molecule has 1 aromatic heterocycles. The van der Waals surface area contributed by atoms with Crippen molar-refractivity contribution in [1.82, 2.24) is 0 Å². The maximum atomic E-state index is 6.45. The zero-order valence-corrected chi connectivity index (χ0v) is 18.8. The van der Waals surface area contributed by atoms with Gasteiger partial charge in [0.1, 0.15) is 11.7 Å². The third-order valence-corrected chi connectivity index (χ3v) is 7.05. The first kappa shape index (κ1) is 19.4. The highest BCUT2D eigenvalue weighted by Gasteiger charge is 2.35. The number of rotatable bonds is 4. The quantitative estimate of drug-likeness (QED) is 0.285. The molecule has 0 saturated heterocycles. The van der Waals surface area contributed by atoms with E-state index in [9.17, 15) is 0 Å². The summed E-state index contributed by atoms with van der Waals surface area (Å²) in [5.74, 6) is 1.13. The van der Waals surface area contributed by atoms with E-state index in [0.29, 0.717) is 0 Å². The van der Waals surface area contributed by atoms with Crippen molar-refractivity contribution in [3.05, 3.63) is 137 Å². The highest BCUT2D eigenvalue weighted by Crippen LogP contribution is 2.48. The van der Waals surface area contributed by atoms with Gasteiger partial charge >= 0.3 is 0 Å². The van der Waals surface area contributed by atoms with Gasteiger partial charge in [0.25, 0.3) is 0 Å². The highest BCUT2D eigenvalue weighted by atomic mass is 16.5. The van der Waals surface area contributed by atoms with Gasteiger partial charge in [-0.2, -0.15) is 0 Å². The monoisotopic (exact) mass is 440 g/mol. The van der Waals surface area contributed by atoms with Gasteiger partial charge in [-0.15, -0.1) is 0 Å². The minimum absolute atomic E-state index is 0.0296. The lowest BCUT2D eigenvalue weighted by Gasteiger charge is -2.18. The van der Waals surface area contributed by atoms with Crippen LogP contribution in [0.3, 0.4) is 0 Å². The molecule has 4 aromatic carbocycles. The number of hydrogen-bond acceptors (Lipinski definition) is 2. The lowest BCUT2D eigenvalue weighted by molar-refractivity contribution is 0.268. The zero-order chi connectivity index (χ0) is 22.5. The second-order valence-corrected chi connectivity index (χ2v) is 9.33. The molecule has 1 aliphatic carbocycles. The van der Waals surface area contributed by atoms with Crippen molar-refractivity contribution >= 4 is 21.9 Å². The topological polar surface area (TPSA) is 22.4 Å². The molecule has 0 N–H and O–H groups in total. The third kappa shape index (κ3) is 3.26. The molecule has 2 unspecified atom stereocenters. The van der Waals surface area contributed by atoms with Crippen molar-refractivity contribution in [2.24, 2.45) is 0 Å². The molecule has 2 heteroatoms. The lowest BCUT2D eigenvalue weighted by Crippen LogP contribution is -2.17. The largest absolute Gasteiger partial charge is 0.481 e. The Morgan fingerprint density at radius 3 is 2.24 bits per heavy atom. The van der Waals surface area contributed by atoms with Crippen LogP contribution in [-0.2, 0) is 12.8 Å². The van der Waals surface area contributed by atoms with Crippen LogP contribution in [0, 0.1) is 0 Å². The van der Waals surface area contributed by atoms with E-state index in [-0.39, 0.29) is 12.0 Å². The van der Waals surface area contributed by atoms with Crippen LogP contribution in [0.2, 0.25) is 0 Å². The maximum absolute atomic E-state index is 6.45. The fourth-order valence-corrected chi connectivity index (χ4v) is 5.39. The summed E-state index contributed by atoms with van der Waals surface area (Å²) in [6.45, 7) is 0. The van der Waals surface area contributed by atoms with Crippen molar-refractivity contribution in [2.45, 2.75) is 24.9 Å².